The molecule has 21 heavy (non-hydrogen) atoms. The number of halogens is 2. The fourth-order valence-corrected chi connectivity index (χ4v) is 1.97. The van der Waals surface area contributed by atoms with Crippen molar-refractivity contribution < 1.29 is 4.79 Å². The first-order valence-corrected chi connectivity index (χ1v) is 6.82. The normalized spacial score (nSPS) is 11.1. The summed E-state index contributed by atoms with van der Waals surface area (Å²) in [5, 5.41) is 1.26. The number of nitrogens with two attached hydrogens (primary N) is 2. The van der Waals surface area contributed by atoms with Crippen LogP contribution >= 0.6 is 23.2 Å². The van der Waals surface area contributed by atoms with E-state index in [1.54, 1.807) is 18.2 Å². The molecule has 5 N–H and O–H groups in total. The Labute approximate surface area is 133 Å². The van der Waals surface area contributed by atoms with Crippen LogP contribution < -0.4 is 17.0 Å². The van der Waals surface area contributed by atoms with Gasteiger partial charge in [0.15, 0.2) is 0 Å². The SMILES string of the molecule is CC(N)c1cc(Cl)cc(Cl)c1.NNC(=O)c1ccncc1. The molecule has 7 heteroatoms. The maximum absolute atomic E-state index is 10.7. The molecule has 0 aliphatic carbocycles. The average molecular weight is 327 g/mol. The highest BCUT2D eigenvalue weighted by molar-refractivity contribution is 6.34. The number of amides is 1. The van der Waals surface area contributed by atoms with Crippen LogP contribution in [0.25, 0.3) is 0 Å². The molecule has 0 radical (unpaired) electrons. The molecule has 1 aromatic heterocycles. The van der Waals surface area contributed by atoms with Crippen molar-refractivity contribution in [2.24, 2.45) is 11.6 Å². The van der Waals surface area contributed by atoms with Crippen LogP contribution in [0.15, 0.2) is 42.7 Å². The lowest BCUT2D eigenvalue weighted by Gasteiger charge is -2.05. The molecule has 2 rings (SSSR count). The predicted molar refractivity (Wildman–Crippen MR) is 85.0 cm³/mol. The van der Waals surface area contributed by atoms with E-state index in [9.17, 15) is 4.79 Å². The van der Waals surface area contributed by atoms with Crippen molar-refractivity contribution in [1.29, 1.82) is 0 Å². The van der Waals surface area contributed by atoms with Gasteiger partial charge in [0.25, 0.3) is 5.91 Å². The van der Waals surface area contributed by atoms with Gasteiger partial charge in [-0.15, -0.1) is 0 Å². The van der Waals surface area contributed by atoms with Crippen LogP contribution in [0.2, 0.25) is 10.0 Å². The van der Waals surface area contributed by atoms with Crippen LogP contribution in [0.3, 0.4) is 0 Å². The lowest BCUT2D eigenvalue weighted by Crippen LogP contribution is -2.29. The Hall–Kier alpha value is -1.66. The average Bonchev–Trinajstić information content (AvgIpc) is 2.47. The number of benzene rings is 1. The zero-order valence-electron chi connectivity index (χ0n) is 11.4. The van der Waals surface area contributed by atoms with Gasteiger partial charge >= 0.3 is 0 Å². The Balaban J connectivity index is 0.000000211. The van der Waals surface area contributed by atoms with Crippen molar-refractivity contribution >= 4 is 29.1 Å². The molecular formula is C14H16Cl2N4O. The molecule has 1 heterocycles. The molecular weight excluding hydrogens is 311 g/mol. The molecule has 0 fully saturated rings. The summed E-state index contributed by atoms with van der Waals surface area (Å²) < 4.78 is 0. The van der Waals surface area contributed by atoms with Gasteiger partial charge in [-0.05, 0) is 42.8 Å². The minimum atomic E-state index is -0.303. The summed E-state index contributed by atoms with van der Waals surface area (Å²) in [6, 6.07) is 8.47. The first kappa shape index (κ1) is 17.4. The van der Waals surface area contributed by atoms with Crippen molar-refractivity contribution in [1.82, 2.24) is 10.4 Å². The van der Waals surface area contributed by atoms with Gasteiger partial charge in [0.1, 0.15) is 0 Å². The molecule has 1 aromatic carbocycles. The lowest BCUT2D eigenvalue weighted by molar-refractivity contribution is 0.0953. The molecule has 2 aromatic rings. The number of nitrogens with zero attached hydrogens (tertiary/aromatic N) is 1. The van der Waals surface area contributed by atoms with Crippen molar-refractivity contribution in [2.45, 2.75) is 13.0 Å². The number of carbonyl (C=O) groups excluding carboxylic acids is 1. The third-order valence-electron chi connectivity index (χ3n) is 2.48. The minimum Gasteiger partial charge on any atom is -0.324 e. The number of hydrogen-bond acceptors (Lipinski definition) is 4. The maximum atomic E-state index is 10.7. The first-order chi connectivity index (χ1) is 9.93. The fraction of sp³-hybridized carbons (Fsp3) is 0.143. The van der Waals surface area contributed by atoms with Gasteiger partial charge in [-0.2, -0.15) is 0 Å². The summed E-state index contributed by atoms with van der Waals surface area (Å²) in [6.45, 7) is 1.89. The molecule has 0 aliphatic rings. The van der Waals surface area contributed by atoms with Gasteiger partial charge in [0.2, 0.25) is 0 Å². The van der Waals surface area contributed by atoms with E-state index >= 15 is 0 Å². The van der Waals surface area contributed by atoms with E-state index in [0.717, 1.165) is 5.56 Å². The van der Waals surface area contributed by atoms with Gasteiger partial charge in [-0.25, -0.2) is 5.84 Å². The Kier molecular flexibility index (Phi) is 7.11. The third kappa shape index (κ3) is 6.10. The van der Waals surface area contributed by atoms with Crippen LogP contribution in [0.4, 0.5) is 0 Å². The van der Waals surface area contributed by atoms with E-state index < -0.39 is 0 Å². The summed E-state index contributed by atoms with van der Waals surface area (Å²) in [5.41, 5.74) is 9.12. The monoisotopic (exact) mass is 326 g/mol. The maximum Gasteiger partial charge on any atom is 0.265 e. The Morgan fingerprint density at radius 1 is 1.19 bits per heavy atom. The number of rotatable bonds is 2. The summed E-state index contributed by atoms with van der Waals surface area (Å²) in [5.74, 6) is 4.58. The topological polar surface area (TPSA) is 94.0 Å². The molecule has 0 saturated heterocycles. The second-order valence-electron chi connectivity index (χ2n) is 4.20. The highest BCUT2D eigenvalue weighted by Crippen LogP contribution is 2.21. The zero-order valence-corrected chi connectivity index (χ0v) is 12.9. The standard InChI is InChI=1S/C8H9Cl2N.C6H7N3O/c1-5(11)6-2-7(9)4-8(10)3-6;7-9-6(10)5-1-3-8-4-2-5/h2-5H,11H2,1H3;1-4H,7H2,(H,9,10). The summed E-state index contributed by atoms with van der Waals surface area (Å²) in [6.07, 6.45) is 3.06. The number of hydrogen-bond donors (Lipinski definition) is 3. The molecule has 1 unspecified atom stereocenters. The summed E-state index contributed by atoms with van der Waals surface area (Å²) in [4.78, 5) is 14.5. The molecule has 5 nitrogen and oxygen atoms in total. The van der Waals surface area contributed by atoms with Gasteiger partial charge in [0.05, 0.1) is 0 Å². The highest BCUT2D eigenvalue weighted by atomic mass is 35.5. The number of hydrazine groups is 1. The van der Waals surface area contributed by atoms with E-state index in [4.69, 9.17) is 34.8 Å². The van der Waals surface area contributed by atoms with E-state index in [-0.39, 0.29) is 11.9 Å². The van der Waals surface area contributed by atoms with Crippen molar-refractivity contribution in [3.63, 3.8) is 0 Å². The van der Waals surface area contributed by atoms with E-state index in [0.29, 0.717) is 15.6 Å². The van der Waals surface area contributed by atoms with E-state index in [2.05, 4.69) is 4.98 Å². The van der Waals surface area contributed by atoms with Gasteiger partial charge in [0, 0.05) is 34.0 Å². The Morgan fingerprint density at radius 2 is 1.71 bits per heavy atom. The van der Waals surface area contributed by atoms with E-state index in [1.165, 1.54) is 12.4 Å². The van der Waals surface area contributed by atoms with Crippen LogP contribution in [0.1, 0.15) is 28.9 Å². The van der Waals surface area contributed by atoms with Crippen LogP contribution in [-0.4, -0.2) is 10.9 Å². The summed E-state index contributed by atoms with van der Waals surface area (Å²) in [7, 11) is 0. The first-order valence-electron chi connectivity index (χ1n) is 6.06. The van der Waals surface area contributed by atoms with Gasteiger partial charge < -0.3 is 5.73 Å². The second kappa shape index (κ2) is 8.59. The smallest absolute Gasteiger partial charge is 0.265 e. The third-order valence-corrected chi connectivity index (χ3v) is 2.92. The molecule has 0 aliphatic heterocycles. The van der Waals surface area contributed by atoms with Crippen molar-refractivity contribution in [3.05, 3.63) is 63.9 Å². The molecule has 0 bridgehead atoms. The zero-order chi connectivity index (χ0) is 15.8. The van der Waals surface area contributed by atoms with E-state index in [1.807, 2.05) is 24.5 Å². The number of nitrogen functional groups attached to an aromatic ring is 1. The van der Waals surface area contributed by atoms with Crippen molar-refractivity contribution in [2.75, 3.05) is 0 Å². The van der Waals surface area contributed by atoms with Gasteiger partial charge in [-0.3, -0.25) is 15.2 Å². The largest absolute Gasteiger partial charge is 0.324 e. The van der Waals surface area contributed by atoms with Crippen LogP contribution in [-0.2, 0) is 0 Å². The number of pyridine rings is 1. The van der Waals surface area contributed by atoms with Gasteiger partial charge in [-0.1, -0.05) is 23.2 Å². The predicted octanol–water partition coefficient (Wildman–Crippen LogP) is 2.70. The summed E-state index contributed by atoms with van der Waals surface area (Å²) >= 11 is 11.5. The fourth-order valence-electron chi connectivity index (χ4n) is 1.42. The minimum absolute atomic E-state index is 0.0220. The quantitative estimate of drug-likeness (QED) is 0.449. The molecule has 1 amide bonds. The highest BCUT2D eigenvalue weighted by Gasteiger charge is 2.01. The number of carbonyl (C=O) groups is 1. The Bertz CT molecular complexity index is 571. The molecule has 0 spiro atoms. The van der Waals surface area contributed by atoms with Crippen LogP contribution in [0, 0.1) is 0 Å². The van der Waals surface area contributed by atoms with Crippen LogP contribution in [0.5, 0.6) is 0 Å². The Morgan fingerprint density at radius 3 is 2.14 bits per heavy atom. The number of aromatic nitrogens is 1. The lowest BCUT2D eigenvalue weighted by atomic mass is 10.1. The molecule has 112 valence electrons. The molecule has 0 saturated carbocycles. The second-order valence-corrected chi connectivity index (χ2v) is 5.07. The van der Waals surface area contributed by atoms with Crippen molar-refractivity contribution in [3.8, 4) is 0 Å². The molecule has 1 atom stereocenters. The number of nitrogens with one attached hydrogen (secondary N) is 1.